The summed E-state index contributed by atoms with van der Waals surface area (Å²) in [5.74, 6) is -0.641. The lowest BCUT2D eigenvalue weighted by Gasteiger charge is -2.36. The zero-order valence-corrected chi connectivity index (χ0v) is 11.8. The largest absolute Gasteiger partial charge is 0.496 e. The molecule has 1 aliphatic rings. The van der Waals surface area contributed by atoms with Crippen LogP contribution >= 0.6 is 15.9 Å². The minimum atomic E-state index is -0.865. The number of halogens is 1. The van der Waals surface area contributed by atoms with Crippen molar-refractivity contribution in [2.75, 3.05) is 25.5 Å². The Kier molecular flexibility index (Phi) is 3.94. The van der Waals surface area contributed by atoms with E-state index in [1.54, 1.807) is 25.3 Å². The third kappa shape index (κ3) is 2.98. The second-order valence-corrected chi connectivity index (χ2v) is 5.07. The molecule has 0 bridgehead atoms. The zero-order valence-electron chi connectivity index (χ0n) is 10.2. The van der Waals surface area contributed by atoms with Crippen molar-refractivity contribution in [1.82, 2.24) is 4.90 Å². The first kappa shape index (κ1) is 13.7. The van der Waals surface area contributed by atoms with Crippen molar-refractivity contribution in [3.63, 3.8) is 0 Å². The second kappa shape index (κ2) is 5.48. The van der Waals surface area contributed by atoms with Gasteiger partial charge in [-0.3, -0.25) is 4.79 Å². The summed E-state index contributed by atoms with van der Waals surface area (Å²) in [5, 5.41) is 11.4. The van der Waals surface area contributed by atoms with Crippen LogP contribution in [0.2, 0.25) is 0 Å². The number of carboxylic acid groups (broad SMARTS) is 1. The SMILES string of the molecule is COc1ccc(NC(=O)N2CC(C(=O)O)C2)cc1Br. The highest BCUT2D eigenvalue weighted by Gasteiger charge is 2.35. The third-order valence-electron chi connectivity index (χ3n) is 2.92. The molecule has 2 rings (SSSR count). The normalized spacial score (nSPS) is 14.7. The van der Waals surface area contributed by atoms with Gasteiger partial charge in [0.25, 0.3) is 0 Å². The van der Waals surface area contributed by atoms with Gasteiger partial charge in [0.05, 0.1) is 17.5 Å². The lowest BCUT2D eigenvalue weighted by atomic mass is 10.0. The van der Waals surface area contributed by atoms with Gasteiger partial charge in [-0.05, 0) is 34.1 Å². The van der Waals surface area contributed by atoms with Gasteiger partial charge in [0.1, 0.15) is 5.75 Å². The maximum absolute atomic E-state index is 11.8. The van der Waals surface area contributed by atoms with Gasteiger partial charge >= 0.3 is 12.0 Å². The van der Waals surface area contributed by atoms with Gasteiger partial charge in [0.2, 0.25) is 0 Å². The van der Waals surface area contributed by atoms with Gasteiger partial charge < -0.3 is 20.1 Å². The Bertz CT molecular complexity index is 514. The number of urea groups is 1. The summed E-state index contributed by atoms with van der Waals surface area (Å²) in [7, 11) is 1.56. The molecule has 1 aromatic rings. The van der Waals surface area contributed by atoms with Crippen LogP contribution in [0.3, 0.4) is 0 Å². The van der Waals surface area contributed by atoms with E-state index in [0.717, 1.165) is 4.47 Å². The fourth-order valence-electron chi connectivity index (χ4n) is 1.75. The Morgan fingerprint density at radius 1 is 1.47 bits per heavy atom. The van der Waals surface area contributed by atoms with Crippen molar-refractivity contribution < 1.29 is 19.4 Å². The Labute approximate surface area is 118 Å². The zero-order chi connectivity index (χ0) is 14.0. The molecular formula is C12H13BrN2O4. The number of methoxy groups -OCH3 is 1. The van der Waals surface area contributed by atoms with Crippen LogP contribution in [0.4, 0.5) is 10.5 Å². The number of hydrogen-bond donors (Lipinski definition) is 2. The van der Waals surface area contributed by atoms with Crippen LogP contribution in [0.15, 0.2) is 22.7 Å². The van der Waals surface area contributed by atoms with Crippen LogP contribution in [0.1, 0.15) is 0 Å². The first-order valence-electron chi connectivity index (χ1n) is 5.63. The van der Waals surface area contributed by atoms with Crippen LogP contribution in [0, 0.1) is 5.92 Å². The highest BCUT2D eigenvalue weighted by molar-refractivity contribution is 9.10. The van der Waals surface area contributed by atoms with Crippen LogP contribution in [0.5, 0.6) is 5.75 Å². The third-order valence-corrected chi connectivity index (χ3v) is 3.54. The van der Waals surface area contributed by atoms with Crippen molar-refractivity contribution in [2.45, 2.75) is 0 Å². The van der Waals surface area contributed by atoms with E-state index >= 15 is 0 Å². The van der Waals surface area contributed by atoms with Crippen molar-refractivity contribution >= 4 is 33.6 Å². The summed E-state index contributed by atoms with van der Waals surface area (Å²) in [5.41, 5.74) is 0.622. The number of aliphatic carboxylic acids is 1. The number of nitrogens with zero attached hydrogens (tertiary/aromatic N) is 1. The molecule has 1 heterocycles. The van der Waals surface area contributed by atoms with E-state index in [0.29, 0.717) is 11.4 Å². The number of anilines is 1. The monoisotopic (exact) mass is 328 g/mol. The maximum Gasteiger partial charge on any atom is 0.321 e. The number of ether oxygens (including phenoxy) is 1. The summed E-state index contributed by atoms with van der Waals surface area (Å²) in [6.45, 7) is 0.497. The molecule has 6 nitrogen and oxygen atoms in total. The van der Waals surface area contributed by atoms with Crippen molar-refractivity contribution in [3.8, 4) is 5.75 Å². The van der Waals surface area contributed by atoms with Crippen LogP contribution in [0.25, 0.3) is 0 Å². The maximum atomic E-state index is 11.8. The molecule has 0 aliphatic carbocycles. The van der Waals surface area contributed by atoms with E-state index in [-0.39, 0.29) is 19.1 Å². The molecule has 0 atom stereocenters. The van der Waals surface area contributed by atoms with Gasteiger partial charge in [0.15, 0.2) is 0 Å². The van der Waals surface area contributed by atoms with E-state index in [1.165, 1.54) is 4.90 Å². The molecule has 0 spiro atoms. The summed E-state index contributed by atoms with van der Waals surface area (Å²) < 4.78 is 5.83. The number of rotatable bonds is 3. The fraction of sp³-hybridized carbons (Fsp3) is 0.333. The Balaban J connectivity index is 1.93. The molecule has 0 aromatic heterocycles. The van der Waals surface area contributed by atoms with Crippen molar-refractivity contribution in [3.05, 3.63) is 22.7 Å². The number of amides is 2. The number of hydrogen-bond acceptors (Lipinski definition) is 3. The van der Waals surface area contributed by atoms with Crippen LogP contribution < -0.4 is 10.1 Å². The molecule has 1 aromatic carbocycles. The molecule has 1 aliphatic heterocycles. The first-order chi connectivity index (χ1) is 9.01. The quantitative estimate of drug-likeness (QED) is 0.889. The van der Waals surface area contributed by atoms with Crippen molar-refractivity contribution in [1.29, 1.82) is 0 Å². The molecule has 2 N–H and O–H groups in total. The minimum Gasteiger partial charge on any atom is -0.496 e. The summed E-state index contributed by atoms with van der Waals surface area (Å²) in [4.78, 5) is 23.9. The van der Waals surface area contributed by atoms with Gasteiger partial charge in [-0.1, -0.05) is 0 Å². The van der Waals surface area contributed by atoms with Gasteiger partial charge in [0, 0.05) is 18.8 Å². The fourth-order valence-corrected chi connectivity index (χ4v) is 2.29. The molecule has 0 radical (unpaired) electrons. The van der Waals surface area contributed by atoms with E-state index in [1.807, 2.05) is 0 Å². The smallest absolute Gasteiger partial charge is 0.321 e. The predicted octanol–water partition coefficient (Wildman–Crippen LogP) is 2.01. The molecule has 7 heteroatoms. The van der Waals surface area contributed by atoms with Crippen LogP contribution in [-0.2, 0) is 4.79 Å². The summed E-state index contributed by atoms with van der Waals surface area (Å²) in [6.07, 6.45) is 0. The van der Waals surface area contributed by atoms with Gasteiger partial charge in [-0.15, -0.1) is 0 Å². The molecular weight excluding hydrogens is 316 g/mol. The molecule has 102 valence electrons. The highest BCUT2D eigenvalue weighted by Crippen LogP contribution is 2.28. The lowest BCUT2D eigenvalue weighted by Crippen LogP contribution is -2.54. The molecule has 0 unspecified atom stereocenters. The van der Waals surface area contributed by atoms with E-state index in [4.69, 9.17) is 9.84 Å². The predicted molar refractivity (Wildman–Crippen MR) is 72.4 cm³/mol. The lowest BCUT2D eigenvalue weighted by molar-refractivity contribution is -0.145. The molecule has 19 heavy (non-hydrogen) atoms. The van der Waals surface area contributed by atoms with Crippen LogP contribution in [-0.4, -0.2) is 42.2 Å². The number of carbonyl (C=O) groups is 2. The van der Waals surface area contributed by atoms with Gasteiger partial charge in [-0.2, -0.15) is 0 Å². The number of carbonyl (C=O) groups excluding carboxylic acids is 1. The Hall–Kier alpha value is -1.76. The molecule has 0 saturated carbocycles. The number of benzene rings is 1. The topological polar surface area (TPSA) is 78.9 Å². The second-order valence-electron chi connectivity index (χ2n) is 4.22. The average Bonchev–Trinajstić information content (AvgIpc) is 2.26. The standard InChI is InChI=1S/C12H13BrN2O4/c1-19-10-3-2-8(4-9(10)13)14-12(18)15-5-7(6-15)11(16)17/h2-4,7H,5-6H2,1H3,(H,14,18)(H,16,17). The van der Waals surface area contributed by atoms with Gasteiger partial charge in [-0.25, -0.2) is 4.79 Å². The number of nitrogens with one attached hydrogen (secondary N) is 1. The number of likely N-dealkylation sites (tertiary alicyclic amines) is 1. The Morgan fingerprint density at radius 2 is 2.16 bits per heavy atom. The average molecular weight is 329 g/mol. The highest BCUT2D eigenvalue weighted by atomic mass is 79.9. The number of carboxylic acids is 1. The molecule has 1 fully saturated rings. The first-order valence-corrected chi connectivity index (χ1v) is 6.43. The summed E-state index contributed by atoms with van der Waals surface area (Å²) >= 11 is 3.33. The summed E-state index contributed by atoms with van der Waals surface area (Å²) in [6, 6.07) is 4.88. The van der Waals surface area contributed by atoms with E-state index < -0.39 is 11.9 Å². The van der Waals surface area contributed by atoms with E-state index in [2.05, 4.69) is 21.2 Å². The molecule has 2 amide bonds. The minimum absolute atomic E-state index is 0.249. The van der Waals surface area contributed by atoms with Crippen molar-refractivity contribution in [2.24, 2.45) is 5.92 Å². The van der Waals surface area contributed by atoms with E-state index in [9.17, 15) is 9.59 Å². The molecule has 1 saturated heterocycles. The Morgan fingerprint density at radius 3 is 2.68 bits per heavy atom.